The number of rotatable bonds is 3. The third-order valence-corrected chi connectivity index (χ3v) is 12.1. The Morgan fingerprint density at radius 1 is 0.485 bits per heavy atom. The summed E-state index contributed by atoms with van der Waals surface area (Å²) in [5.41, 5.74) is 4.84. The van der Waals surface area contributed by atoms with Crippen molar-refractivity contribution < 1.29 is 0 Å². The minimum absolute atomic E-state index is 0.417. The molecule has 0 aromatic carbocycles. The maximum atomic E-state index is 4.56. The maximum absolute atomic E-state index is 4.56. The fourth-order valence-electron chi connectivity index (χ4n) is 11.2. The van der Waals surface area contributed by atoms with E-state index in [9.17, 15) is 0 Å². The van der Waals surface area contributed by atoms with Gasteiger partial charge in [-0.05, 0) is 149 Å². The summed E-state index contributed by atoms with van der Waals surface area (Å²) < 4.78 is 0. The van der Waals surface area contributed by atoms with Gasteiger partial charge in [0.1, 0.15) is 0 Å². The van der Waals surface area contributed by atoms with Gasteiger partial charge >= 0.3 is 0 Å². The van der Waals surface area contributed by atoms with E-state index in [-0.39, 0.29) is 0 Å². The van der Waals surface area contributed by atoms with Gasteiger partial charge in [0.05, 0.1) is 0 Å². The number of allylic oxidation sites excluding steroid dienone is 3. The van der Waals surface area contributed by atoms with E-state index in [1.165, 1.54) is 68.1 Å². The van der Waals surface area contributed by atoms with Gasteiger partial charge < -0.3 is 0 Å². The highest BCUT2D eigenvalue weighted by molar-refractivity contribution is 5.19. The maximum Gasteiger partial charge on any atom is -0.0172 e. The lowest BCUT2D eigenvalue weighted by molar-refractivity contribution is -0.183. The van der Waals surface area contributed by atoms with Crippen molar-refractivity contribution in [1.29, 1.82) is 0 Å². The van der Waals surface area contributed by atoms with Crippen molar-refractivity contribution in [2.24, 2.45) is 76.4 Å². The highest BCUT2D eigenvalue weighted by Gasteiger charge is 2.63. The first-order chi connectivity index (χ1) is 15.5. The van der Waals surface area contributed by atoms with Gasteiger partial charge in [-0.2, -0.15) is 0 Å². The molecule has 0 heterocycles. The Bertz CT molecular complexity index is 770. The zero-order valence-corrected chi connectivity index (χ0v) is 22.7. The SMILES string of the molecule is C=C(C)C1CCC2C3CCC(C(=C)C)C4C3C(CCC4C(C)(C)C)C3CCC(C(=C)C)C1C23. The molecular weight excluding hydrogens is 396 g/mol. The molecule has 12 atom stereocenters. The Labute approximate surface area is 205 Å². The molecule has 0 amide bonds. The van der Waals surface area contributed by atoms with Crippen molar-refractivity contribution in [2.45, 2.75) is 92.9 Å². The van der Waals surface area contributed by atoms with Gasteiger partial charge in [-0.15, -0.1) is 0 Å². The van der Waals surface area contributed by atoms with Crippen LogP contribution in [-0.4, -0.2) is 0 Å². The van der Waals surface area contributed by atoms with E-state index in [2.05, 4.69) is 61.3 Å². The summed E-state index contributed by atoms with van der Waals surface area (Å²) in [7, 11) is 0. The van der Waals surface area contributed by atoms with Gasteiger partial charge in [0, 0.05) is 0 Å². The molecule has 5 aliphatic rings. The van der Waals surface area contributed by atoms with Crippen LogP contribution in [0.2, 0.25) is 0 Å². The summed E-state index contributed by atoms with van der Waals surface area (Å²) in [6.07, 6.45) is 11.6. The van der Waals surface area contributed by atoms with Gasteiger partial charge in [0.25, 0.3) is 0 Å². The van der Waals surface area contributed by atoms with E-state index in [4.69, 9.17) is 0 Å². The van der Waals surface area contributed by atoms with E-state index in [1.807, 2.05) is 0 Å². The normalized spacial score (nSPS) is 48.9. The molecule has 0 spiro atoms. The highest BCUT2D eigenvalue weighted by Crippen LogP contribution is 2.70. The summed E-state index contributed by atoms with van der Waals surface area (Å²) in [6.45, 7) is 28.2. The van der Waals surface area contributed by atoms with Crippen molar-refractivity contribution in [3.8, 4) is 0 Å². The molecule has 5 saturated carbocycles. The first kappa shape index (κ1) is 23.9. The quantitative estimate of drug-likeness (QED) is 0.377. The van der Waals surface area contributed by atoms with Crippen LogP contribution in [0.5, 0.6) is 0 Å². The lowest BCUT2D eigenvalue weighted by Gasteiger charge is -2.68. The van der Waals surface area contributed by atoms with Crippen molar-refractivity contribution in [3.05, 3.63) is 36.5 Å². The number of fused-ring (bicyclic) bond motifs is 2. The standard InChI is InChI=1S/C33H52/c1-18(2)21-10-13-24-26-15-12-23(20(5)6)32-28(33(7,8)9)17-16-27(31(26)32)25-14-11-22(19(3)4)29(21)30(24)25/h21-32H,1,3,5,10-17H2,2,4,6-9H3. The molecule has 0 heteroatoms. The zero-order chi connectivity index (χ0) is 23.8. The molecule has 0 N–H and O–H groups in total. The molecular formula is C33H52. The molecule has 12 unspecified atom stereocenters. The predicted molar refractivity (Wildman–Crippen MR) is 143 cm³/mol. The van der Waals surface area contributed by atoms with Gasteiger partial charge in [0.2, 0.25) is 0 Å². The molecule has 0 radical (unpaired) electrons. The van der Waals surface area contributed by atoms with Crippen LogP contribution in [0.3, 0.4) is 0 Å². The molecule has 184 valence electrons. The second-order valence-corrected chi connectivity index (χ2v) is 14.6. The molecule has 0 aromatic heterocycles. The fraction of sp³-hybridized carbons (Fsp3) is 0.818. The molecule has 0 aliphatic heterocycles. The van der Waals surface area contributed by atoms with Gasteiger partial charge in [0.15, 0.2) is 0 Å². The van der Waals surface area contributed by atoms with Crippen LogP contribution in [0.4, 0.5) is 0 Å². The van der Waals surface area contributed by atoms with Gasteiger partial charge in [-0.25, -0.2) is 0 Å². The summed E-state index contributed by atoms with van der Waals surface area (Å²) in [4.78, 5) is 0. The van der Waals surface area contributed by atoms with E-state index >= 15 is 0 Å². The smallest absolute Gasteiger partial charge is 0.0172 e. The Balaban J connectivity index is 1.57. The molecule has 0 aromatic rings. The second-order valence-electron chi connectivity index (χ2n) is 14.6. The van der Waals surface area contributed by atoms with Crippen LogP contribution in [-0.2, 0) is 0 Å². The van der Waals surface area contributed by atoms with E-state index in [0.717, 1.165) is 71.0 Å². The fourth-order valence-corrected chi connectivity index (χ4v) is 11.2. The summed E-state index contributed by atoms with van der Waals surface area (Å²) in [5, 5.41) is 0. The van der Waals surface area contributed by atoms with Crippen LogP contribution < -0.4 is 0 Å². The summed E-state index contributed by atoms with van der Waals surface area (Å²) in [6, 6.07) is 0. The molecule has 0 nitrogen and oxygen atoms in total. The molecule has 5 fully saturated rings. The van der Waals surface area contributed by atoms with Crippen molar-refractivity contribution in [3.63, 3.8) is 0 Å². The Morgan fingerprint density at radius 3 is 1.18 bits per heavy atom. The van der Waals surface area contributed by atoms with Crippen LogP contribution >= 0.6 is 0 Å². The minimum atomic E-state index is 0.417. The predicted octanol–water partition coefficient (Wildman–Crippen LogP) is 9.34. The first-order valence-electron chi connectivity index (χ1n) is 14.5. The third-order valence-electron chi connectivity index (χ3n) is 12.1. The van der Waals surface area contributed by atoms with Crippen molar-refractivity contribution in [1.82, 2.24) is 0 Å². The van der Waals surface area contributed by atoms with Gasteiger partial charge in [-0.3, -0.25) is 0 Å². The van der Waals surface area contributed by atoms with Gasteiger partial charge in [-0.1, -0.05) is 57.2 Å². The lowest BCUT2D eigenvalue weighted by Crippen LogP contribution is -2.62. The van der Waals surface area contributed by atoms with E-state index in [1.54, 1.807) is 0 Å². The van der Waals surface area contributed by atoms with E-state index in [0.29, 0.717) is 5.41 Å². The Kier molecular flexibility index (Phi) is 6.10. The highest BCUT2D eigenvalue weighted by atomic mass is 14.7. The molecule has 0 saturated heterocycles. The average molecular weight is 449 g/mol. The summed E-state index contributed by atoms with van der Waals surface area (Å²) in [5.74, 6) is 10.6. The van der Waals surface area contributed by atoms with Crippen LogP contribution in [0.1, 0.15) is 92.9 Å². The molecule has 5 rings (SSSR count). The number of hydrogen-bond acceptors (Lipinski definition) is 0. The number of hydrogen-bond donors (Lipinski definition) is 0. The topological polar surface area (TPSA) is 0 Å². The monoisotopic (exact) mass is 448 g/mol. The van der Waals surface area contributed by atoms with Crippen LogP contribution in [0.25, 0.3) is 0 Å². The summed E-state index contributed by atoms with van der Waals surface area (Å²) >= 11 is 0. The average Bonchev–Trinajstić information content (AvgIpc) is 2.74. The molecule has 33 heavy (non-hydrogen) atoms. The largest absolute Gasteiger partial charge is 0.0999 e. The molecule has 5 aliphatic carbocycles. The van der Waals surface area contributed by atoms with Crippen molar-refractivity contribution in [2.75, 3.05) is 0 Å². The first-order valence-corrected chi connectivity index (χ1v) is 14.5. The Morgan fingerprint density at radius 2 is 0.818 bits per heavy atom. The van der Waals surface area contributed by atoms with E-state index < -0.39 is 0 Å². The third kappa shape index (κ3) is 3.67. The Hall–Kier alpha value is -0.780. The lowest BCUT2D eigenvalue weighted by atomic mass is 9.37. The van der Waals surface area contributed by atoms with Crippen molar-refractivity contribution >= 4 is 0 Å². The second kappa shape index (κ2) is 8.41. The minimum Gasteiger partial charge on any atom is -0.0999 e. The van der Waals surface area contributed by atoms with Crippen LogP contribution in [0.15, 0.2) is 36.5 Å². The zero-order valence-electron chi connectivity index (χ0n) is 22.7. The molecule has 0 bridgehead atoms. The van der Waals surface area contributed by atoms with Crippen LogP contribution in [0, 0.1) is 76.4 Å².